The van der Waals surface area contributed by atoms with E-state index in [1.54, 1.807) is 6.92 Å². The highest BCUT2D eigenvalue weighted by atomic mass is 16.4. The summed E-state index contributed by atoms with van der Waals surface area (Å²) in [6, 6.07) is 14.0. The molecule has 0 aliphatic heterocycles. The Bertz CT molecular complexity index is 931. The van der Waals surface area contributed by atoms with Gasteiger partial charge in [-0.3, -0.25) is 4.79 Å². The fourth-order valence-corrected chi connectivity index (χ4v) is 2.71. The van der Waals surface area contributed by atoms with Gasteiger partial charge in [0.15, 0.2) is 17.4 Å². The molecule has 0 atom stereocenters. The molecule has 3 rings (SSSR count). The first-order valence-corrected chi connectivity index (χ1v) is 7.35. The number of rotatable bonds is 3. The molecule has 0 amide bonds. The SMILES string of the molecule is CC(=O)/C(=C(/C)O)c1oc(C)nc1-c1ccc2ccccc2c1. The third-order valence-corrected chi connectivity index (χ3v) is 3.70. The van der Waals surface area contributed by atoms with Crippen molar-refractivity contribution in [3.05, 3.63) is 59.9 Å². The number of fused-ring (bicyclic) bond motifs is 1. The van der Waals surface area contributed by atoms with Gasteiger partial charge in [0.1, 0.15) is 11.5 Å². The lowest BCUT2D eigenvalue weighted by Crippen LogP contribution is -2.00. The molecule has 0 radical (unpaired) electrons. The number of aromatic nitrogens is 1. The third-order valence-electron chi connectivity index (χ3n) is 3.70. The van der Waals surface area contributed by atoms with Gasteiger partial charge in [-0.1, -0.05) is 36.4 Å². The highest BCUT2D eigenvalue weighted by Crippen LogP contribution is 2.32. The number of carbonyl (C=O) groups excluding carboxylic acids is 1. The largest absolute Gasteiger partial charge is 0.512 e. The minimum absolute atomic E-state index is 0.0734. The van der Waals surface area contributed by atoms with Gasteiger partial charge >= 0.3 is 0 Å². The van der Waals surface area contributed by atoms with Crippen LogP contribution in [-0.4, -0.2) is 15.9 Å². The van der Waals surface area contributed by atoms with Crippen LogP contribution in [0.1, 0.15) is 25.5 Å². The van der Waals surface area contributed by atoms with E-state index in [4.69, 9.17) is 4.42 Å². The number of ketones is 1. The fraction of sp³-hybridized carbons (Fsp3) is 0.158. The Morgan fingerprint density at radius 2 is 1.78 bits per heavy atom. The van der Waals surface area contributed by atoms with Crippen molar-refractivity contribution in [2.45, 2.75) is 20.8 Å². The van der Waals surface area contributed by atoms with E-state index in [0.717, 1.165) is 16.3 Å². The molecule has 1 heterocycles. The van der Waals surface area contributed by atoms with Gasteiger partial charge in [0.05, 0.1) is 5.57 Å². The number of aryl methyl sites for hydroxylation is 1. The van der Waals surface area contributed by atoms with Crippen molar-refractivity contribution >= 4 is 22.1 Å². The predicted molar refractivity (Wildman–Crippen MR) is 90.1 cm³/mol. The molecule has 0 saturated carbocycles. The molecule has 0 saturated heterocycles. The maximum absolute atomic E-state index is 11.9. The molecule has 2 aromatic carbocycles. The van der Waals surface area contributed by atoms with Crippen LogP contribution in [0.25, 0.3) is 27.6 Å². The Kier molecular flexibility index (Phi) is 3.74. The summed E-state index contributed by atoms with van der Waals surface area (Å²) in [7, 11) is 0. The molecule has 1 N–H and O–H groups in total. The van der Waals surface area contributed by atoms with E-state index in [0.29, 0.717) is 17.3 Å². The maximum Gasteiger partial charge on any atom is 0.192 e. The Labute approximate surface area is 134 Å². The van der Waals surface area contributed by atoms with Crippen molar-refractivity contribution in [1.29, 1.82) is 0 Å². The maximum atomic E-state index is 11.9. The molecule has 0 aliphatic rings. The van der Waals surface area contributed by atoms with Gasteiger partial charge in [-0.25, -0.2) is 4.98 Å². The minimum Gasteiger partial charge on any atom is -0.512 e. The molecular weight excluding hydrogens is 290 g/mol. The standard InChI is InChI=1S/C19H17NO3/c1-11(21)17(12(2)22)19-18(20-13(3)23-19)16-9-8-14-6-4-5-7-15(14)10-16/h4-10,21H,1-3H3/b17-11+. The summed E-state index contributed by atoms with van der Waals surface area (Å²) in [5.74, 6) is 0.423. The first kappa shape index (κ1) is 15.0. The van der Waals surface area contributed by atoms with Gasteiger partial charge in [0.25, 0.3) is 0 Å². The molecular formula is C19H17NO3. The second kappa shape index (κ2) is 5.72. The van der Waals surface area contributed by atoms with E-state index in [1.807, 2.05) is 42.5 Å². The van der Waals surface area contributed by atoms with E-state index in [-0.39, 0.29) is 17.1 Å². The zero-order chi connectivity index (χ0) is 16.6. The molecule has 0 aliphatic carbocycles. The first-order chi connectivity index (χ1) is 11.0. The van der Waals surface area contributed by atoms with Crippen molar-refractivity contribution in [2.75, 3.05) is 0 Å². The topological polar surface area (TPSA) is 63.3 Å². The molecule has 0 fully saturated rings. The number of Topliss-reactive ketones (excluding diaryl/α,β-unsaturated/α-hetero) is 1. The van der Waals surface area contributed by atoms with E-state index >= 15 is 0 Å². The monoisotopic (exact) mass is 307 g/mol. The fourth-order valence-electron chi connectivity index (χ4n) is 2.71. The van der Waals surface area contributed by atoms with E-state index < -0.39 is 0 Å². The normalized spacial score (nSPS) is 12.3. The van der Waals surface area contributed by atoms with Gasteiger partial charge in [-0.2, -0.15) is 0 Å². The molecule has 3 aromatic rings. The number of oxazole rings is 1. The van der Waals surface area contributed by atoms with Crippen molar-refractivity contribution in [3.63, 3.8) is 0 Å². The summed E-state index contributed by atoms with van der Waals surface area (Å²) < 4.78 is 5.62. The van der Waals surface area contributed by atoms with E-state index in [9.17, 15) is 9.90 Å². The van der Waals surface area contributed by atoms with E-state index in [2.05, 4.69) is 4.98 Å². The lowest BCUT2D eigenvalue weighted by atomic mass is 10.0. The average Bonchev–Trinajstić information content (AvgIpc) is 2.87. The Morgan fingerprint density at radius 3 is 2.43 bits per heavy atom. The number of aliphatic hydroxyl groups is 1. The Morgan fingerprint density at radius 1 is 1.09 bits per heavy atom. The van der Waals surface area contributed by atoms with Crippen molar-refractivity contribution in [1.82, 2.24) is 4.98 Å². The number of hydrogen-bond acceptors (Lipinski definition) is 4. The Hall–Kier alpha value is -2.88. The molecule has 0 unspecified atom stereocenters. The second-order valence-electron chi connectivity index (χ2n) is 5.49. The van der Waals surface area contributed by atoms with Crippen LogP contribution < -0.4 is 0 Å². The third kappa shape index (κ3) is 2.75. The second-order valence-corrected chi connectivity index (χ2v) is 5.49. The highest BCUT2D eigenvalue weighted by molar-refractivity contribution is 6.20. The number of allylic oxidation sites excluding steroid dienone is 2. The first-order valence-electron chi connectivity index (χ1n) is 7.35. The highest BCUT2D eigenvalue weighted by Gasteiger charge is 2.22. The van der Waals surface area contributed by atoms with Gasteiger partial charge in [0, 0.05) is 12.5 Å². The molecule has 1 aromatic heterocycles. The Balaban J connectivity index is 2.23. The van der Waals surface area contributed by atoms with E-state index in [1.165, 1.54) is 13.8 Å². The number of carbonyl (C=O) groups is 1. The molecule has 0 bridgehead atoms. The lowest BCUT2D eigenvalue weighted by Gasteiger charge is -2.06. The number of hydrogen-bond donors (Lipinski definition) is 1. The van der Waals surface area contributed by atoms with Crippen molar-refractivity contribution in [2.24, 2.45) is 0 Å². The lowest BCUT2D eigenvalue weighted by molar-refractivity contribution is -0.112. The van der Waals surface area contributed by atoms with Crippen LogP contribution in [-0.2, 0) is 4.79 Å². The summed E-state index contributed by atoms with van der Waals surface area (Å²) in [5, 5.41) is 12.1. The van der Waals surface area contributed by atoms with Crippen LogP contribution in [0.4, 0.5) is 0 Å². The van der Waals surface area contributed by atoms with Crippen LogP contribution in [0.2, 0.25) is 0 Å². The smallest absolute Gasteiger partial charge is 0.192 e. The van der Waals surface area contributed by atoms with Crippen molar-refractivity contribution < 1.29 is 14.3 Å². The molecule has 4 heteroatoms. The van der Waals surface area contributed by atoms with Crippen LogP contribution in [0.15, 0.2) is 52.6 Å². The van der Waals surface area contributed by atoms with Crippen LogP contribution in [0, 0.1) is 6.92 Å². The molecule has 0 spiro atoms. The quantitative estimate of drug-likeness (QED) is 0.563. The summed E-state index contributed by atoms with van der Waals surface area (Å²) in [6.07, 6.45) is 0. The van der Waals surface area contributed by atoms with Gasteiger partial charge in [0.2, 0.25) is 0 Å². The van der Waals surface area contributed by atoms with Gasteiger partial charge < -0.3 is 9.52 Å². The molecule has 116 valence electrons. The van der Waals surface area contributed by atoms with Gasteiger partial charge in [-0.05, 0) is 30.7 Å². The number of nitrogens with zero attached hydrogens (tertiary/aromatic N) is 1. The predicted octanol–water partition coefficient (Wildman–Crippen LogP) is 4.68. The summed E-state index contributed by atoms with van der Waals surface area (Å²) in [6.45, 7) is 4.59. The molecule has 4 nitrogen and oxygen atoms in total. The zero-order valence-corrected chi connectivity index (χ0v) is 13.3. The van der Waals surface area contributed by atoms with Crippen LogP contribution >= 0.6 is 0 Å². The number of benzene rings is 2. The number of aliphatic hydroxyl groups excluding tert-OH is 1. The van der Waals surface area contributed by atoms with Gasteiger partial charge in [-0.15, -0.1) is 0 Å². The molecule has 23 heavy (non-hydrogen) atoms. The van der Waals surface area contributed by atoms with Crippen LogP contribution in [0.3, 0.4) is 0 Å². The minimum atomic E-state index is -0.261. The summed E-state index contributed by atoms with van der Waals surface area (Å²) in [4.78, 5) is 16.3. The average molecular weight is 307 g/mol. The summed E-state index contributed by atoms with van der Waals surface area (Å²) >= 11 is 0. The zero-order valence-electron chi connectivity index (χ0n) is 13.3. The van der Waals surface area contributed by atoms with Crippen molar-refractivity contribution in [3.8, 4) is 11.3 Å². The van der Waals surface area contributed by atoms with Crippen LogP contribution in [0.5, 0.6) is 0 Å². The summed E-state index contributed by atoms with van der Waals surface area (Å²) in [5.41, 5.74) is 1.57.